The van der Waals surface area contributed by atoms with Gasteiger partial charge >= 0.3 is 0 Å². The van der Waals surface area contributed by atoms with Crippen LogP contribution in [0.1, 0.15) is 34.1 Å². The average molecular weight is 511 g/mol. The maximum Gasteiger partial charge on any atom is 0.267 e. The molecule has 4 aromatic rings. The Hall–Kier alpha value is -2.61. The van der Waals surface area contributed by atoms with Crippen molar-refractivity contribution in [2.75, 3.05) is 12.9 Å². The minimum absolute atomic E-state index is 0.0242. The molecule has 0 unspecified atom stereocenters. The molecule has 2 aromatic carbocycles. The third kappa shape index (κ3) is 4.28. The molecule has 5 nitrogen and oxygen atoms in total. The maximum atomic E-state index is 14.0. The number of hydrogen-bond acceptors (Lipinski definition) is 6. The Balaban J connectivity index is 1.67. The molecule has 0 bridgehead atoms. The molecule has 0 spiro atoms. The fourth-order valence-corrected chi connectivity index (χ4v) is 6.85. The molecule has 1 aliphatic rings. The predicted molar refractivity (Wildman–Crippen MR) is 139 cm³/mol. The van der Waals surface area contributed by atoms with Crippen LogP contribution in [0.5, 0.6) is 5.75 Å². The summed E-state index contributed by atoms with van der Waals surface area (Å²) in [6.45, 7) is 2.24. The molecule has 0 fully saturated rings. The summed E-state index contributed by atoms with van der Waals surface area (Å²) in [7, 11) is 1.56. The van der Waals surface area contributed by atoms with Crippen molar-refractivity contribution in [2.45, 2.75) is 31.3 Å². The molecule has 2 heterocycles. The van der Waals surface area contributed by atoms with Crippen LogP contribution in [-0.2, 0) is 12.8 Å². The molecule has 0 aliphatic heterocycles. The number of Topliss-reactive ketones (excluding diaryl/α,β-unsaturated/α-hetero) is 1. The Kier molecular flexibility index (Phi) is 6.51. The van der Waals surface area contributed by atoms with E-state index in [1.165, 1.54) is 16.6 Å². The molecular weight excluding hydrogens is 488 g/mol. The van der Waals surface area contributed by atoms with E-state index in [0.717, 1.165) is 29.7 Å². The van der Waals surface area contributed by atoms with E-state index < -0.39 is 0 Å². The molecule has 0 N–H and O–H groups in total. The molecule has 1 aliphatic carbocycles. The van der Waals surface area contributed by atoms with Crippen molar-refractivity contribution in [3.05, 3.63) is 79.9 Å². The minimum Gasteiger partial charge on any atom is -0.495 e. The first-order chi connectivity index (χ1) is 16.5. The Morgan fingerprint density at radius 1 is 1.26 bits per heavy atom. The monoisotopic (exact) mass is 510 g/mol. The van der Waals surface area contributed by atoms with Crippen molar-refractivity contribution in [1.29, 1.82) is 0 Å². The van der Waals surface area contributed by atoms with Gasteiger partial charge in [-0.25, -0.2) is 4.98 Å². The Morgan fingerprint density at radius 3 is 2.82 bits per heavy atom. The van der Waals surface area contributed by atoms with E-state index >= 15 is 0 Å². The van der Waals surface area contributed by atoms with E-state index in [1.54, 1.807) is 53.3 Å². The number of nitrogens with zero attached hydrogens (tertiary/aromatic N) is 2. The van der Waals surface area contributed by atoms with Crippen molar-refractivity contribution in [3.63, 3.8) is 0 Å². The number of rotatable bonds is 6. The number of ketones is 1. The zero-order valence-electron chi connectivity index (χ0n) is 18.8. The second-order valence-electron chi connectivity index (χ2n) is 8.46. The van der Waals surface area contributed by atoms with Crippen molar-refractivity contribution < 1.29 is 9.53 Å². The summed E-state index contributed by atoms with van der Waals surface area (Å²) in [6, 6.07) is 14.3. The Labute approximate surface area is 210 Å². The van der Waals surface area contributed by atoms with Gasteiger partial charge < -0.3 is 4.74 Å². The molecule has 0 amide bonds. The molecule has 34 heavy (non-hydrogen) atoms. The largest absolute Gasteiger partial charge is 0.495 e. The number of carbonyl (C=O) groups is 1. The quantitative estimate of drug-likeness (QED) is 0.175. The van der Waals surface area contributed by atoms with E-state index in [1.807, 2.05) is 18.2 Å². The first kappa shape index (κ1) is 23.1. The summed E-state index contributed by atoms with van der Waals surface area (Å²) in [5.74, 6) is 1.24. The molecule has 8 heteroatoms. The van der Waals surface area contributed by atoms with Crippen LogP contribution in [0.15, 0.2) is 58.5 Å². The van der Waals surface area contributed by atoms with Crippen molar-refractivity contribution in [1.82, 2.24) is 9.55 Å². The number of benzene rings is 2. The van der Waals surface area contributed by atoms with Crippen LogP contribution in [0.25, 0.3) is 15.9 Å². The normalized spacial score (nSPS) is 15.3. The van der Waals surface area contributed by atoms with Crippen molar-refractivity contribution in [2.24, 2.45) is 5.92 Å². The zero-order chi connectivity index (χ0) is 23.8. The molecule has 2 aromatic heterocycles. The van der Waals surface area contributed by atoms with Gasteiger partial charge in [0, 0.05) is 15.5 Å². The highest BCUT2D eigenvalue weighted by Crippen LogP contribution is 2.38. The molecule has 174 valence electrons. The lowest BCUT2D eigenvalue weighted by molar-refractivity contribution is 0.102. The third-order valence-corrected chi connectivity index (χ3v) is 8.43. The fourth-order valence-electron chi connectivity index (χ4n) is 4.36. The lowest BCUT2D eigenvalue weighted by atomic mass is 9.89. The lowest BCUT2D eigenvalue weighted by Crippen LogP contribution is -2.23. The predicted octanol–water partition coefficient (Wildman–Crippen LogP) is 6.21. The van der Waals surface area contributed by atoms with E-state index in [0.29, 0.717) is 38.5 Å². The summed E-state index contributed by atoms with van der Waals surface area (Å²) >= 11 is 9.17. The van der Waals surface area contributed by atoms with Crippen molar-refractivity contribution in [3.8, 4) is 11.4 Å². The zero-order valence-corrected chi connectivity index (χ0v) is 21.2. The van der Waals surface area contributed by atoms with Gasteiger partial charge in [-0.15, -0.1) is 11.3 Å². The van der Waals surface area contributed by atoms with Gasteiger partial charge in [-0.1, -0.05) is 60.6 Å². The van der Waals surface area contributed by atoms with Gasteiger partial charge in [-0.3, -0.25) is 14.2 Å². The van der Waals surface area contributed by atoms with Crippen LogP contribution in [0.2, 0.25) is 5.02 Å². The van der Waals surface area contributed by atoms with Gasteiger partial charge in [0.2, 0.25) is 0 Å². The molecule has 0 saturated carbocycles. The van der Waals surface area contributed by atoms with Gasteiger partial charge in [0.15, 0.2) is 10.9 Å². The van der Waals surface area contributed by atoms with E-state index in [9.17, 15) is 9.59 Å². The summed E-state index contributed by atoms with van der Waals surface area (Å²) in [5.41, 5.74) is 2.12. The average Bonchev–Trinajstić information content (AvgIpc) is 3.20. The number of carbonyl (C=O) groups excluding carboxylic acids is 1. The number of hydrogen-bond donors (Lipinski definition) is 0. The fraction of sp³-hybridized carbons (Fsp3) is 0.269. The number of ether oxygens (including phenoxy) is 1. The highest BCUT2D eigenvalue weighted by molar-refractivity contribution is 7.99. The highest BCUT2D eigenvalue weighted by atomic mass is 35.5. The number of methoxy groups -OCH3 is 1. The summed E-state index contributed by atoms with van der Waals surface area (Å²) in [4.78, 5) is 33.7. The smallest absolute Gasteiger partial charge is 0.267 e. The third-order valence-electron chi connectivity index (χ3n) is 6.11. The molecule has 0 saturated heterocycles. The van der Waals surface area contributed by atoms with Crippen LogP contribution >= 0.6 is 34.7 Å². The second-order valence-corrected chi connectivity index (χ2v) is 10.9. The first-order valence-corrected chi connectivity index (χ1v) is 13.3. The second kappa shape index (κ2) is 9.56. The van der Waals surface area contributed by atoms with Gasteiger partial charge in [-0.2, -0.15) is 0 Å². The summed E-state index contributed by atoms with van der Waals surface area (Å²) in [5, 5.41) is 1.61. The number of thioether (sulfide) groups is 1. The van der Waals surface area contributed by atoms with Crippen LogP contribution < -0.4 is 10.3 Å². The van der Waals surface area contributed by atoms with Crippen molar-refractivity contribution >= 4 is 50.7 Å². The number of thiophene rings is 1. The number of aromatic nitrogens is 2. The van der Waals surface area contributed by atoms with E-state index in [-0.39, 0.29) is 17.1 Å². The first-order valence-electron chi connectivity index (χ1n) is 11.1. The standard InChI is InChI=1S/C26H23ClN2O3S2/c1-15-8-10-18-22(12-15)34-24-23(18)25(31)29(19-13-17(27)9-11-21(19)32-2)26(28-24)33-14-20(30)16-6-4-3-5-7-16/h3-7,9,11,13,15H,8,10,12,14H2,1-2H3/t15-/m1/s1. The van der Waals surface area contributed by atoms with E-state index in [2.05, 4.69) is 6.92 Å². The van der Waals surface area contributed by atoms with Gasteiger partial charge in [0.05, 0.1) is 23.9 Å². The van der Waals surface area contributed by atoms with Gasteiger partial charge in [-0.05, 0) is 48.9 Å². The number of halogens is 1. The van der Waals surface area contributed by atoms with Crippen LogP contribution in [0.4, 0.5) is 0 Å². The van der Waals surface area contributed by atoms with Crippen LogP contribution in [0.3, 0.4) is 0 Å². The minimum atomic E-state index is -0.146. The van der Waals surface area contributed by atoms with Gasteiger partial charge in [0.25, 0.3) is 5.56 Å². The van der Waals surface area contributed by atoms with Crippen LogP contribution in [0, 0.1) is 5.92 Å². The SMILES string of the molecule is COc1ccc(Cl)cc1-n1c(SCC(=O)c2ccccc2)nc2sc3c(c2c1=O)CC[C@@H](C)C3. The Morgan fingerprint density at radius 2 is 2.06 bits per heavy atom. The molecule has 0 radical (unpaired) electrons. The Bertz CT molecular complexity index is 1450. The molecular formula is C26H23ClN2O3S2. The summed E-state index contributed by atoms with van der Waals surface area (Å²) in [6.07, 6.45) is 2.89. The number of aryl methyl sites for hydroxylation is 1. The van der Waals surface area contributed by atoms with Gasteiger partial charge in [0.1, 0.15) is 10.6 Å². The highest BCUT2D eigenvalue weighted by Gasteiger charge is 2.26. The van der Waals surface area contributed by atoms with Crippen LogP contribution in [-0.4, -0.2) is 28.2 Å². The number of fused-ring (bicyclic) bond motifs is 3. The lowest BCUT2D eigenvalue weighted by Gasteiger charge is -2.18. The maximum absolute atomic E-state index is 14.0. The topological polar surface area (TPSA) is 61.2 Å². The summed E-state index contributed by atoms with van der Waals surface area (Å²) < 4.78 is 7.12. The molecule has 1 atom stereocenters. The molecule has 5 rings (SSSR count). The van der Waals surface area contributed by atoms with E-state index in [4.69, 9.17) is 21.3 Å².